The zero-order valence-corrected chi connectivity index (χ0v) is 17.6. The maximum atomic E-state index is 13.5. The Bertz CT molecular complexity index is 1350. The molecule has 5 rings (SSSR count). The van der Waals surface area contributed by atoms with E-state index in [1.165, 1.54) is 13.2 Å². The Labute approximate surface area is 182 Å². The first-order valence-corrected chi connectivity index (χ1v) is 10.3. The summed E-state index contributed by atoms with van der Waals surface area (Å²) in [7, 11) is 3.43. The number of nitrogens with zero attached hydrogens (tertiary/aromatic N) is 4. The van der Waals surface area contributed by atoms with Crippen molar-refractivity contribution in [3.8, 4) is 11.1 Å². The number of amides is 1. The number of aromatic nitrogens is 3. The summed E-state index contributed by atoms with van der Waals surface area (Å²) in [5.74, 6) is -0.168. The highest BCUT2D eigenvalue weighted by atomic mass is 19.4. The average molecular weight is 438 g/mol. The van der Waals surface area contributed by atoms with Crippen molar-refractivity contribution in [2.75, 3.05) is 6.54 Å². The number of halogens is 3. The van der Waals surface area contributed by atoms with Gasteiger partial charge < -0.3 is 9.47 Å². The van der Waals surface area contributed by atoms with Gasteiger partial charge in [0.1, 0.15) is 0 Å². The van der Waals surface area contributed by atoms with Crippen molar-refractivity contribution in [3.63, 3.8) is 0 Å². The molecule has 4 aromatic rings. The zero-order valence-electron chi connectivity index (χ0n) is 17.6. The standard InChI is InChI=1S/C24H21F3N4O/c1-29-12-15(16-6-3-4-9-21(16)29)13-31-11-10-18-17(7-5-8-19(18)23(31)32)20-14-30(2)28-22(20)24(25,26)27/h3-9,12,14H,10-11,13H2,1-2H3. The lowest BCUT2D eigenvalue weighted by Gasteiger charge is -2.30. The van der Waals surface area contributed by atoms with Gasteiger partial charge in [-0.1, -0.05) is 30.3 Å². The van der Waals surface area contributed by atoms with Crippen LogP contribution >= 0.6 is 0 Å². The van der Waals surface area contributed by atoms with Gasteiger partial charge >= 0.3 is 6.18 Å². The highest BCUT2D eigenvalue weighted by molar-refractivity contribution is 5.99. The molecule has 0 N–H and O–H groups in total. The maximum Gasteiger partial charge on any atom is 0.435 e. The monoisotopic (exact) mass is 438 g/mol. The molecule has 1 amide bonds. The summed E-state index contributed by atoms with van der Waals surface area (Å²) in [6.45, 7) is 0.887. The second kappa shape index (κ2) is 7.25. The summed E-state index contributed by atoms with van der Waals surface area (Å²) in [4.78, 5) is 15.1. The predicted octanol–water partition coefficient (Wildman–Crippen LogP) is 4.80. The molecule has 1 aliphatic rings. The van der Waals surface area contributed by atoms with E-state index in [0.29, 0.717) is 36.2 Å². The fourth-order valence-electron chi connectivity index (χ4n) is 4.63. The molecule has 5 nitrogen and oxygen atoms in total. The topological polar surface area (TPSA) is 43.1 Å². The minimum absolute atomic E-state index is 0.00662. The SMILES string of the molecule is Cn1cc(-c2cccc3c2CCN(Cc2cn(C)c4ccccc24)C3=O)c(C(F)(F)F)n1. The zero-order chi connectivity index (χ0) is 22.6. The lowest BCUT2D eigenvalue weighted by Crippen LogP contribution is -2.37. The molecular formula is C24H21F3N4O. The van der Waals surface area contributed by atoms with Crippen LogP contribution in [0.2, 0.25) is 0 Å². The summed E-state index contributed by atoms with van der Waals surface area (Å²) in [6, 6.07) is 13.0. The first-order chi connectivity index (χ1) is 15.2. The molecule has 8 heteroatoms. The molecule has 2 aromatic carbocycles. The number of hydrogen-bond acceptors (Lipinski definition) is 2. The van der Waals surface area contributed by atoms with Crippen molar-refractivity contribution in [1.29, 1.82) is 0 Å². The number of alkyl halides is 3. The fraction of sp³-hybridized carbons (Fsp3) is 0.250. The molecule has 2 aromatic heterocycles. The molecule has 3 heterocycles. The van der Waals surface area contributed by atoms with E-state index < -0.39 is 11.9 Å². The van der Waals surface area contributed by atoms with Gasteiger partial charge in [0.05, 0.1) is 0 Å². The summed E-state index contributed by atoms with van der Waals surface area (Å²) in [6.07, 6.45) is -0.701. The van der Waals surface area contributed by atoms with Crippen molar-refractivity contribution in [1.82, 2.24) is 19.2 Å². The second-order valence-corrected chi connectivity index (χ2v) is 8.15. The molecule has 0 saturated carbocycles. The highest BCUT2D eigenvalue weighted by Crippen LogP contribution is 2.39. The Kier molecular flexibility index (Phi) is 4.62. The van der Waals surface area contributed by atoms with Crippen molar-refractivity contribution >= 4 is 16.8 Å². The Balaban J connectivity index is 1.51. The first-order valence-electron chi connectivity index (χ1n) is 10.3. The number of fused-ring (bicyclic) bond motifs is 2. The van der Waals surface area contributed by atoms with Crippen LogP contribution in [0.4, 0.5) is 13.2 Å². The van der Waals surface area contributed by atoms with Gasteiger partial charge in [0.25, 0.3) is 5.91 Å². The fourth-order valence-corrected chi connectivity index (χ4v) is 4.63. The number of carbonyl (C=O) groups is 1. The predicted molar refractivity (Wildman–Crippen MR) is 115 cm³/mol. The van der Waals surface area contributed by atoms with Gasteiger partial charge in [0.15, 0.2) is 5.69 Å². The summed E-state index contributed by atoms with van der Waals surface area (Å²) in [5.41, 5.74) is 2.72. The average Bonchev–Trinajstić information content (AvgIpc) is 3.30. The molecule has 0 bridgehead atoms. The van der Waals surface area contributed by atoms with Crippen LogP contribution in [0, 0.1) is 0 Å². The Morgan fingerprint density at radius 2 is 1.72 bits per heavy atom. The lowest BCUT2D eigenvalue weighted by atomic mass is 9.90. The van der Waals surface area contributed by atoms with E-state index >= 15 is 0 Å². The van der Waals surface area contributed by atoms with E-state index in [4.69, 9.17) is 0 Å². The van der Waals surface area contributed by atoms with Crippen LogP contribution in [0.5, 0.6) is 0 Å². The second-order valence-electron chi connectivity index (χ2n) is 8.15. The minimum atomic E-state index is -4.57. The molecule has 164 valence electrons. The number of carbonyl (C=O) groups excluding carboxylic acids is 1. The van der Waals surface area contributed by atoms with E-state index in [-0.39, 0.29) is 11.5 Å². The van der Waals surface area contributed by atoms with Gasteiger partial charge in [-0.15, -0.1) is 0 Å². The van der Waals surface area contributed by atoms with E-state index in [2.05, 4.69) is 5.10 Å². The summed E-state index contributed by atoms with van der Waals surface area (Å²) >= 11 is 0. The third-order valence-electron chi connectivity index (χ3n) is 6.05. The maximum absolute atomic E-state index is 13.5. The number of rotatable bonds is 3. The van der Waals surface area contributed by atoms with Gasteiger partial charge in [-0.2, -0.15) is 18.3 Å². The van der Waals surface area contributed by atoms with E-state index in [1.807, 2.05) is 42.1 Å². The third-order valence-corrected chi connectivity index (χ3v) is 6.05. The number of benzene rings is 2. The van der Waals surface area contributed by atoms with E-state index in [9.17, 15) is 18.0 Å². The quantitative estimate of drug-likeness (QED) is 0.461. The first kappa shape index (κ1) is 20.4. The molecule has 0 aliphatic carbocycles. The Hall–Kier alpha value is -3.55. The lowest BCUT2D eigenvalue weighted by molar-refractivity contribution is -0.140. The molecule has 0 atom stereocenters. The van der Waals surface area contributed by atoms with Crippen molar-refractivity contribution < 1.29 is 18.0 Å². The van der Waals surface area contributed by atoms with Crippen LogP contribution in [-0.4, -0.2) is 31.7 Å². The van der Waals surface area contributed by atoms with Crippen LogP contribution in [0.1, 0.15) is 27.2 Å². The van der Waals surface area contributed by atoms with Crippen LogP contribution in [-0.2, 0) is 33.2 Å². The number of aryl methyl sites for hydroxylation is 2. The smallest absolute Gasteiger partial charge is 0.350 e. The highest BCUT2D eigenvalue weighted by Gasteiger charge is 2.38. The summed E-state index contributed by atoms with van der Waals surface area (Å²) in [5, 5.41) is 4.71. The third kappa shape index (κ3) is 3.26. The van der Waals surface area contributed by atoms with Crippen LogP contribution in [0.15, 0.2) is 54.9 Å². The Morgan fingerprint density at radius 3 is 2.50 bits per heavy atom. The van der Waals surface area contributed by atoms with Gasteiger partial charge in [0.2, 0.25) is 0 Å². The molecule has 0 radical (unpaired) electrons. The van der Waals surface area contributed by atoms with Crippen LogP contribution < -0.4 is 0 Å². The van der Waals surface area contributed by atoms with Gasteiger partial charge in [-0.05, 0) is 35.2 Å². The molecule has 32 heavy (non-hydrogen) atoms. The minimum Gasteiger partial charge on any atom is -0.350 e. The van der Waals surface area contributed by atoms with Crippen LogP contribution in [0.25, 0.3) is 22.0 Å². The van der Waals surface area contributed by atoms with Gasteiger partial charge in [-0.25, -0.2) is 0 Å². The molecule has 1 aliphatic heterocycles. The van der Waals surface area contributed by atoms with Crippen molar-refractivity contribution in [3.05, 3.63) is 77.2 Å². The molecule has 0 fully saturated rings. The number of hydrogen-bond donors (Lipinski definition) is 0. The molecular weight excluding hydrogens is 417 g/mol. The van der Waals surface area contributed by atoms with E-state index in [0.717, 1.165) is 21.1 Å². The number of para-hydroxylation sites is 1. The van der Waals surface area contributed by atoms with Gasteiger partial charge in [-0.3, -0.25) is 9.48 Å². The van der Waals surface area contributed by atoms with Crippen molar-refractivity contribution in [2.45, 2.75) is 19.1 Å². The van der Waals surface area contributed by atoms with Crippen LogP contribution in [0.3, 0.4) is 0 Å². The molecule has 0 spiro atoms. The Morgan fingerprint density at radius 1 is 0.969 bits per heavy atom. The normalized spacial score (nSPS) is 14.3. The largest absolute Gasteiger partial charge is 0.435 e. The van der Waals surface area contributed by atoms with E-state index in [1.54, 1.807) is 23.1 Å². The van der Waals surface area contributed by atoms with Crippen molar-refractivity contribution in [2.24, 2.45) is 14.1 Å². The summed E-state index contributed by atoms with van der Waals surface area (Å²) < 4.78 is 43.8. The molecule has 0 saturated heterocycles. The molecule has 0 unspecified atom stereocenters. The van der Waals surface area contributed by atoms with Gasteiger partial charge in [0, 0.05) is 61.6 Å².